The lowest BCUT2D eigenvalue weighted by atomic mass is 10.0. The van der Waals surface area contributed by atoms with Crippen LogP contribution in [0.2, 0.25) is 0 Å². The number of carbonyl (C=O) groups is 1. The zero-order valence-electron chi connectivity index (χ0n) is 20.6. The number of amides is 1. The Kier molecular flexibility index (Phi) is 6.69. The Hall–Kier alpha value is -4.50. The van der Waals surface area contributed by atoms with Gasteiger partial charge in [0.1, 0.15) is 28.9 Å². The molecule has 12 heteroatoms. The van der Waals surface area contributed by atoms with Crippen LogP contribution in [0, 0.1) is 18.6 Å². The number of hydrogen-bond acceptors (Lipinski definition) is 8. The molecular weight excluding hydrogens is 500 g/mol. The number of methoxy groups -OCH3 is 1. The van der Waals surface area contributed by atoms with Crippen LogP contribution < -0.4 is 10.2 Å². The summed E-state index contributed by atoms with van der Waals surface area (Å²) in [6.07, 6.45) is 1.02. The van der Waals surface area contributed by atoms with Gasteiger partial charge in [-0.2, -0.15) is 0 Å². The van der Waals surface area contributed by atoms with Gasteiger partial charge in [0.25, 0.3) is 0 Å². The number of fused-ring (bicyclic) bond motifs is 1. The smallest absolute Gasteiger partial charge is 0.409 e. The van der Waals surface area contributed by atoms with Crippen molar-refractivity contribution in [2.24, 2.45) is 0 Å². The first-order valence-electron chi connectivity index (χ1n) is 11.8. The first-order chi connectivity index (χ1) is 18.3. The van der Waals surface area contributed by atoms with Gasteiger partial charge in [0.2, 0.25) is 0 Å². The van der Waals surface area contributed by atoms with Crippen molar-refractivity contribution in [3.8, 4) is 11.3 Å². The molecule has 10 nitrogen and oxygen atoms in total. The minimum Gasteiger partial charge on any atom is -0.453 e. The highest BCUT2D eigenvalue weighted by molar-refractivity contribution is 5.78. The lowest BCUT2D eigenvalue weighted by Gasteiger charge is -2.32. The van der Waals surface area contributed by atoms with Crippen LogP contribution in [0.15, 0.2) is 42.0 Å². The zero-order valence-corrected chi connectivity index (χ0v) is 20.6. The van der Waals surface area contributed by atoms with Gasteiger partial charge in [-0.3, -0.25) is 4.90 Å². The molecule has 0 spiro atoms. The van der Waals surface area contributed by atoms with Crippen LogP contribution in [0.3, 0.4) is 0 Å². The number of hydrogen-bond donors (Lipinski definition) is 1. The second kappa shape index (κ2) is 10.1. The number of carbonyl (C=O) groups excluding carboxylic acids is 3. The molecule has 0 saturated carbocycles. The Morgan fingerprint density at radius 2 is 2.00 bits per heavy atom. The highest BCUT2D eigenvalue weighted by atomic mass is 19.1. The molecule has 2 fully saturated rings. The summed E-state index contributed by atoms with van der Waals surface area (Å²) in [5.74, 6) is 1.27. The van der Waals surface area contributed by atoms with Crippen LogP contribution in [-0.4, -0.2) is 71.7 Å². The molecule has 1 atom stereocenters. The van der Waals surface area contributed by atoms with Crippen molar-refractivity contribution in [1.29, 1.82) is 0 Å². The first kappa shape index (κ1) is 25.2. The largest absolute Gasteiger partial charge is 0.453 e. The molecule has 1 amide bonds. The van der Waals surface area contributed by atoms with E-state index in [0.29, 0.717) is 17.9 Å². The van der Waals surface area contributed by atoms with Gasteiger partial charge in [-0.15, -0.1) is 0 Å². The van der Waals surface area contributed by atoms with Gasteiger partial charge in [-0.05, 0) is 36.8 Å². The van der Waals surface area contributed by atoms with E-state index in [-0.39, 0.29) is 54.6 Å². The van der Waals surface area contributed by atoms with Crippen molar-refractivity contribution in [2.75, 3.05) is 38.3 Å². The number of benzene rings is 1. The van der Waals surface area contributed by atoms with Crippen molar-refractivity contribution in [2.45, 2.75) is 19.4 Å². The normalized spacial score (nSPS) is 17.4. The number of imidazole rings is 1. The van der Waals surface area contributed by atoms with Crippen LogP contribution >= 0.6 is 0 Å². The van der Waals surface area contributed by atoms with Crippen LogP contribution in [-0.2, 0) is 25.5 Å². The number of nitrogens with zero attached hydrogens (tertiary/aromatic N) is 4. The predicted molar refractivity (Wildman–Crippen MR) is 132 cm³/mol. The lowest BCUT2D eigenvalue weighted by Crippen LogP contribution is -2.46. The second-order valence-electron chi connectivity index (χ2n) is 8.93. The number of aromatic nitrogens is 2. The van der Waals surface area contributed by atoms with Crippen LogP contribution in [0.1, 0.15) is 11.3 Å². The molecule has 0 unspecified atom stereocenters. The quantitative estimate of drug-likeness (QED) is 0.520. The average Bonchev–Trinajstić information content (AvgIpc) is 3.48. The summed E-state index contributed by atoms with van der Waals surface area (Å²) in [5.41, 5.74) is 1.51. The number of ether oxygens (including phenoxy) is 2. The monoisotopic (exact) mass is 523 g/mol. The van der Waals surface area contributed by atoms with Gasteiger partial charge >= 0.3 is 6.09 Å². The van der Waals surface area contributed by atoms with Gasteiger partial charge in [0, 0.05) is 19.2 Å². The van der Waals surface area contributed by atoms with Crippen molar-refractivity contribution >= 4 is 29.3 Å². The molecule has 0 radical (unpaired) electrons. The van der Waals surface area contributed by atoms with Crippen LogP contribution in [0.4, 0.5) is 19.3 Å². The minimum atomic E-state index is -0.940. The van der Waals surface area contributed by atoms with E-state index in [1.807, 2.05) is 13.0 Å². The third-order valence-corrected chi connectivity index (χ3v) is 6.53. The fraction of sp³-hybridized carbons (Fsp3) is 0.308. The van der Waals surface area contributed by atoms with E-state index in [1.165, 1.54) is 12.0 Å². The third-order valence-electron chi connectivity index (χ3n) is 6.53. The molecule has 2 saturated heterocycles. The Labute approximate surface area is 215 Å². The molecule has 0 bridgehead atoms. The number of halogens is 2. The Morgan fingerprint density at radius 1 is 1.24 bits per heavy atom. The molecule has 3 aromatic rings. The van der Waals surface area contributed by atoms with Crippen LogP contribution in [0.25, 0.3) is 16.9 Å². The van der Waals surface area contributed by atoms with E-state index in [0.717, 1.165) is 22.6 Å². The third kappa shape index (κ3) is 4.41. The standard InChI is InChI=1S/C26H23F2N5O5/c1-15-3-4-32-21(10-18-12-31(5-6-38-18)26(36)37-2)25(30-22(32)7-15)24-19(27)8-16(9-20(24)28)33-17(13-34)11-29-23(33)14-35/h3-4,7-9,18,29H,5-6,10-12H2,1-2H3/t18-/m0/s1. The zero-order chi connectivity index (χ0) is 27.0. The van der Waals surface area contributed by atoms with E-state index in [4.69, 9.17) is 9.47 Å². The fourth-order valence-electron chi connectivity index (χ4n) is 4.77. The van der Waals surface area contributed by atoms with E-state index < -0.39 is 23.8 Å². The highest BCUT2D eigenvalue weighted by Gasteiger charge is 2.31. The molecule has 0 aliphatic carbocycles. The average molecular weight is 523 g/mol. The minimum absolute atomic E-state index is 0.0107. The van der Waals surface area contributed by atoms with E-state index in [1.54, 1.807) is 28.5 Å². The predicted octanol–water partition coefficient (Wildman–Crippen LogP) is 2.40. The van der Waals surface area contributed by atoms with Crippen molar-refractivity contribution in [3.05, 3.63) is 64.9 Å². The summed E-state index contributed by atoms with van der Waals surface area (Å²) in [5, 5.41) is 2.64. The topological polar surface area (TPSA) is 105 Å². The summed E-state index contributed by atoms with van der Waals surface area (Å²) < 4.78 is 43.7. The number of aryl methyl sites for hydroxylation is 1. The molecule has 2 aromatic heterocycles. The molecule has 5 rings (SSSR count). The summed E-state index contributed by atoms with van der Waals surface area (Å²) in [4.78, 5) is 41.8. The molecule has 1 aromatic carbocycles. The van der Waals surface area contributed by atoms with Gasteiger partial charge in [0.15, 0.2) is 11.8 Å². The molecule has 4 heterocycles. The Bertz CT molecular complexity index is 1490. The molecular formula is C26H23F2N5O5. The number of nitrogens with one attached hydrogen (secondary N) is 1. The number of morpholine rings is 1. The van der Waals surface area contributed by atoms with Gasteiger partial charge in [0.05, 0.1) is 55.5 Å². The number of pyridine rings is 1. The maximum absolute atomic E-state index is 15.6. The van der Waals surface area contributed by atoms with Gasteiger partial charge in [-0.1, -0.05) is 0 Å². The maximum Gasteiger partial charge on any atom is 0.409 e. The SMILES string of the molecule is COC(=O)N1CCO[C@@H](Cc2c(-c3c(F)cc(N4C(=C=O)CNC4=C=O)cc3F)nc3cc(C)ccn23)C1. The van der Waals surface area contributed by atoms with Crippen molar-refractivity contribution in [3.63, 3.8) is 0 Å². The summed E-state index contributed by atoms with van der Waals surface area (Å²) in [7, 11) is 1.30. The number of rotatable bonds is 4. The maximum atomic E-state index is 15.6. The van der Waals surface area contributed by atoms with E-state index in [2.05, 4.69) is 10.3 Å². The second-order valence-corrected chi connectivity index (χ2v) is 8.93. The first-order valence-corrected chi connectivity index (χ1v) is 11.8. The van der Waals surface area contributed by atoms with E-state index >= 15 is 8.78 Å². The van der Waals surface area contributed by atoms with Gasteiger partial charge in [-0.25, -0.2) is 28.1 Å². The highest BCUT2D eigenvalue weighted by Crippen LogP contribution is 2.35. The van der Waals surface area contributed by atoms with E-state index in [9.17, 15) is 14.4 Å². The Morgan fingerprint density at radius 3 is 2.68 bits per heavy atom. The summed E-state index contributed by atoms with van der Waals surface area (Å²) in [6.45, 7) is 2.73. The molecule has 38 heavy (non-hydrogen) atoms. The summed E-state index contributed by atoms with van der Waals surface area (Å²) >= 11 is 0. The summed E-state index contributed by atoms with van der Waals surface area (Å²) in [6, 6.07) is 5.68. The van der Waals surface area contributed by atoms with Gasteiger partial charge < -0.3 is 24.1 Å². The number of anilines is 1. The Balaban J connectivity index is 1.59. The van der Waals surface area contributed by atoms with Crippen LogP contribution in [0.5, 0.6) is 0 Å². The molecule has 2 aliphatic heterocycles. The lowest BCUT2D eigenvalue weighted by molar-refractivity contribution is -0.0241. The van der Waals surface area contributed by atoms with Crippen molar-refractivity contribution < 1.29 is 32.6 Å². The molecule has 196 valence electrons. The van der Waals surface area contributed by atoms with Crippen molar-refractivity contribution in [1.82, 2.24) is 19.6 Å². The molecule has 2 aliphatic rings. The fourth-order valence-corrected chi connectivity index (χ4v) is 4.77. The molecule has 1 N–H and O–H groups in total.